The number of nitrogens with zero attached hydrogens (tertiary/aromatic N) is 3. The molecule has 0 unspecified atom stereocenters. The Balaban J connectivity index is 2.46. The van der Waals surface area contributed by atoms with Crippen LogP contribution >= 0.6 is 11.6 Å². The number of aromatic nitrogens is 3. The Morgan fingerprint density at radius 3 is 2.85 bits per heavy atom. The zero-order valence-electron chi connectivity index (χ0n) is 7.11. The SMILES string of the molecule is Cn1ccc(-c2ccnc(Cl)n2)c1. The van der Waals surface area contributed by atoms with Crippen molar-refractivity contribution < 1.29 is 0 Å². The molecule has 0 spiro atoms. The molecule has 2 rings (SSSR count). The molecule has 0 saturated heterocycles. The normalized spacial score (nSPS) is 10.3. The lowest BCUT2D eigenvalue weighted by molar-refractivity contribution is 0.928. The summed E-state index contributed by atoms with van der Waals surface area (Å²) in [4.78, 5) is 7.92. The Labute approximate surface area is 81.0 Å². The highest BCUT2D eigenvalue weighted by Crippen LogP contribution is 2.17. The summed E-state index contributed by atoms with van der Waals surface area (Å²) in [5.74, 6) is 0. The maximum atomic E-state index is 5.67. The molecule has 66 valence electrons. The van der Waals surface area contributed by atoms with Crippen LogP contribution in [0.25, 0.3) is 11.3 Å². The molecule has 2 aromatic heterocycles. The third-order valence-corrected chi connectivity index (χ3v) is 1.94. The lowest BCUT2D eigenvalue weighted by Gasteiger charge is -1.95. The lowest BCUT2D eigenvalue weighted by Crippen LogP contribution is -1.85. The fraction of sp³-hybridized carbons (Fsp3) is 0.111. The molecule has 0 N–H and O–H groups in total. The van der Waals surface area contributed by atoms with Crippen molar-refractivity contribution in [2.45, 2.75) is 0 Å². The van der Waals surface area contributed by atoms with Crippen LogP contribution in [-0.4, -0.2) is 14.5 Å². The van der Waals surface area contributed by atoms with Crippen LogP contribution in [0, 0.1) is 0 Å². The summed E-state index contributed by atoms with van der Waals surface area (Å²) in [6.45, 7) is 0. The maximum Gasteiger partial charge on any atom is 0.222 e. The molecule has 13 heavy (non-hydrogen) atoms. The summed E-state index contributed by atoms with van der Waals surface area (Å²) in [7, 11) is 1.96. The molecule has 0 aliphatic heterocycles. The van der Waals surface area contributed by atoms with Crippen LogP contribution in [0.4, 0.5) is 0 Å². The fourth-order valence-electron chi connectivity index (χ4n) is 1.15. The Bertz CT molecular complexity index is 422. The first kappa shape index (κ1) is 8.26. The van der Waals surface area contributed by atoms with E-state index in [1.807, 2.05) is 36.1 Å². The largest absolute Gasteiger partial charge is 0.357 e. The Kier molecular flexibility index (Phi) is 2.02. The van der Waals surface area contributed by atoms with Gasteiger partial charge in [0.15, 0.2) is 0 Å². The van der Waals surface area contributed by atoms with Gasteiger partial charge in [-0.2, -0.15) is 0 Å². The van der Waals surface area contributed by atoms with Gasteiger partial charge in [0.05, 0.1) is 5.69 Å². The Morgan fingerprint density at radius 2 is 2.23 bits per heavy atom. The first-order chi connectivity index (χ1) is 6.25. The second kappa shape index (κ2) is 3.18. The van der Waals surface area contributed by atoms with Crippen molar-refractivity contribution in [2.75, 3.05) is 0 Å². The van der Waals surface area contributed by atoms with E-state index in [0.29, 0.717) is 0 Å². The van der Waals surface area contributed by atoms with Gasteiger partial charge in [-0.05, 0) is 23.7 Å². The number of rotatable bonds is 1. The highest BCUT2D eigenvalue weighted by Gasteiger charge is 2.00. The van der Waals surface area contributed by atoms with Crippen LogP contribution in [0.3, 0.4) is 0 Å². The van der Waals surface area contributed by atoms with E-state index in [2.05, 4.69) is 9.97 Å². The molecule has 2 aromatic rings. The van der Waals surface area contributed by atoms with Crippen molar-refractivity contribution in [1.82, 2.24) is 14.5 Å². The van der Waals surface area contributed by atoms with Gasteiger partial charge >= 0.3 is 0 Å². The fourth-order valence-corrected chi connectivity index (χ4v) is 1.30. The van der Waals surface area contributed by atoms with Gasteiger partial charge in [-0.1, -0.05) is 0 Å². The van der Waals surface area contributed by atoms with Gasteiger partial charge in [-0.25, -0.2) is 9.97 Å². The summed E-state index contributed by atoms with van der Waals surface area (Å²) in [6.07, 6.45) is 5.60. The van der Waals surface area contributed by atoms with Crippen LogP contribution in [0.15, 0.2) is 30.7 Å². The predicted octanol–water partition coefficient (Wildman–Crippen LogP) is 2.14. The molecule has 0 aliphatic carbocycles. The van der Waals surface area contributed by atoms with E-state index in [0.717, 1.165) is 11.3 Å². The van der Waals surface area contributed by atoms with E-state index >= 15 is 0 Å². The third-order valence-electron chi connectivity index (χ3n) is 1.75. The second-order valence-electron chi connectivity index (χ2n) is 2.78. The number of hydrogen-bond donors (Lipinski definition) is 0. The molecular weight excluding hydrogens is 186 g/mol. The first-order valence-corrected chi connectivity index (χ1v) is 4.24. The van der Waals surface area contributed by atoms with E-state index in [9.17, 15) is 0 Å². The molecule has 0 bridgehead atoms. The molecule has 0 aliphatic rings. The maximum absolute atomic E-state index is 5.67. The van der Waals surface area contributed by atoms with Crippen molar-refractivity contribution in [2.24, 2.45) is 7.05 Å². The van der Waals surface area contributed by atoms with E-state index < -0.39 is 0 Å². The van der Waals surface area contributed by atoms with E-state index in [-0.39, 0.29) is 5.28 Å². The molecule has 0 amide bonds. The van der Waals surface area contributed by atoms with Crippen LogP contribution in [0.5, 0.6) is 0 Å². The molecule has 0 fully saturated rings. The number of hydrogen-bond acceptors (Lipinski definition) is 2. The monoisotopic (exact) mass is 193 g/mol. The van der Waals surface area contributed by atoms with Gasteiger partial charge in [-0.3, -0.25) is 0 Å². The Hall–Kier alpha value is -1.35. The van der Waals surface area contributed by atoms with Crippen molar-refractivity contribution in [3.05, 3.63) is 36.0 Å². The molecule has 0 radical (unpaired) electrons. The summed E-state index contributed by atoms with van der Waals surface area (Å²) in [6, 6.07) is 3.82. The summed E-state index contributed by atoms with van der Waals surface area (Å²) >= 11 is 5.67. The van der Waals surface area contributed by atoms with E-state index in [1.165, 1.54) is 0 Å². The minimum Gasteiger partial charge on any atom is -0.357 e. The highest BCUT2D eigenvalue weighted by molar-refractivity contribution is 6.28. The molecule has 0 atom stereocenters. The zero-order chi connectivity index (χ0) is 9.26. The van der Waals surface area contributed by atoms with Gasteiger partial charge in [0.1, 0.15) is 0 Å². The second-order valence-corrected chi connectivity index (χ2v) is 3.11. The van der Waals surface area contributed by atoms with Crippen molar-refractivity contribution in [1.29, 1.82) is 0 Å². The van der Waals surface area contributed by atoms with Gasteiger partial charge in [0.2, 0.25) is 5.28 Å². The van der Waals surface area contributed by atoms with Crippen molar-refractivity contribution >= 4 is 11.6 Å². The van der Waals surface area contributed by atoms with Gasteiger partial charge < -0.3 is 4.57 Å². The average Bonchev–Trinajstić information content (AvgIpc) is 2.52. The molecular formula is C9H8ClN3. The molecule has 0 aromatic carbocycles. The highest BCUT2D eigenvalue weighted by atomic mass is 35.5. The van der Waals surface area contributed by atoms with Crippen LogP contribution in [0.2, 0.25) is 5.28 Å². The minimum absolute atomic E-state index is 0.279. The van der Waals surface area contributed by atoms with Crippen LogP contribution in [0.1, 0.15) is 0 Å². The molecule has 0 saturated carbocycles. The zero-order valence-corrected chi connectivity index (χ0v) is 7.86. The molecule has 4 heteroatoms. The summed E-state index contributed by atoms with van der Waals surface area (Å²) in [5, 5.41) is 0.279. The van der Waals surface area contributed by atoms with Gasteiger partial charge in [0.25, 0.3) is 0 Å². The van der Waals surface area contributed by atoms with Gasteiger partial charge in [0, 0.05) is 31.2 Å². The van der Waals surface area contributed by atoms with Gasteiger partial charge in [-0.15, -0.1) is 0 Å². The Morgan fingerprint density at radius 1 is 1.38 bits per heavy atom. The van der Waals surface area contributed by atoms with Crippen molar-refractivity contribution in [3.63, 3.8) is 0 Å². The third kappa shape index (κ3) is 1.70. The molecule has 2 heterocycles. The quantitative estimate of drug-likeness (QED) is 0.650. The van der Waals surface area contributed by atoms with Crippen LogP contribution in [-0.2, 0) is 7.05 Å². The van der Waals surface area contributed by atoms with Crippen LogP contribution < -0.4 is 0 Å². The number of aryl methyl sites for hydroxylation is 1. The van der Waals surface area contributed by atoms with E-state index in [1.54, 1.807) is 6.20 Å². The topological polar surface area (TPSA) is 30.7 Å². The smallest absolute Gasteiger partial charge is 0.222 e. The average molecular weight is 194 g/mol. The lowest BCUT2D eigenvalue weighted by atomic mass is 10.2. The minimum atomic E-state index is 0.279. The first-order valence-electron chi connectivity index (χ1n) is 3.86. The van der Waals surface area contributed by atoms with E-state index in [4.69, 9.17) is 11.6 Å². The predicted molar refractivity (Wildman–Crippen MR) is 51.4 cm³/mol. The number of halogens is 1. The molecule has 3 nitrogen and oxygen atoms in total. The standard InChI is InChI=1S/C9H8ClN3/c1-13-5-3-7(6-13)8-2-4-11-9(10)12-8/h2-6H,1H3. The van der Waals surface area contributed by atoms with Crippen molar-refractivity contribution in [3.8, 4) is 11.3 Å². The summed E-state index contributed by atoms with van der Waals surface area (Å²) in [5.41, 5.74) is 1.90. The summed E-state index contributed by atoms with van der Waals surface area (Å²) < 4.78 is 1.96.